The van der Waals surface area contributed by atoms with E-state index in [0.717, 1.165) is 6.42 Å². The van der Waals surface area contributed by atoms with Crippen LogP contribution in [-0.4, -0.2) is 56.6 Å². The standard InChI is InChI=1S/C20H31NO4/c1-13-5-4-6-20(2)10-17-14(9-16(13)20)15(19(22)25-17)11-21(3)12-18-23-7-8-24-18/h9,13-15,17-18H,4-8,10-12H2,1-3H3/t13-,14-,15+,17-,20-/m1/s1. The number of ether oxygens (including phenoxy) is 3. The lowest BCUT2D eigenvalue weighted by Crippen LogP contribution is -2.41. The van der Waals surface area contributed by atoms with Gasteiger partial charge in [-0.3, -0.25) is 4.79 Å². The summed E-state index contributed by atoms with van der Waals surface area (Å²) in [5, 5.41) is 0. The highest BCUT2D eigenvalue weighted by Gasteiger charge is 2.51. The van der Waals surface area contributed by atoms with Crippen molar-refractivity contribution in [1.29, 1.82) is 0 Å². The van der Waals surface area contributed by atoms with Crippen LogP contribution in [-0.2, 0) is 19.0 Å². The number of carbonyl (C=O) groups excluding carboxylic acids is 1. The first-order chi connectivity index (χ1) is 12.0. The predicted molar refractivity (Wildman–Crippen MR) is 93.9 cm³/mol. The summed E-state index contributed by atoms with van der Waals surface area (Å²) >= 11 is 0. The topological polar surface area (TPSA) is 48.0 Å². The second kappa shape index (κ2) is 6.67. The summed E-state index contributed by atoms with van der Waals surface area (Å²) in [6, 6.07) is 0. The molecule has 4 rings (SSSR count). The van der Waals surface area contributed by atoms with Crippen molar-refractivity contribution in [3.63, 3.8) is 0 Å². The normalized spacial score (nSPS) is 41.4. The van der Waals surface area contributed by atoms with Gasteiger partial charge in [-0.15, -0.1) is 0 Å². The largest absolute Gasteiger partial charge is 0.461 e. The van der Waals surface area contributed by atoms with Crippen LogP contribution in [0, 0.1) is 23.2 Å². The van der Waals surface area contributed by atoms with E-state index in [4.69, 9.17) is 14.2 Å². The monoisotopic (exact) mass is 349 g/mol. The third-order valence-corrected chi connectivity index (χ3v) is 6.74. The van der Waals surface area contributed by atoms with E-state index in [-0.39, 0.29) is 35.6 Å². The van der Waals surface area contributed by atoms with Gasteiger partial charge in [0.1, 0.15) is 6.10 Å². The third-order valence-electron chi connectivity index (χ3n) is 6.74. The second-order valence-corrected chi connectivity index (χ2v) is 8.73. The minimum Gasteiger partial charge on any atom is -0.461 e. The first-order valence-corrected chi connectivity index (χ1v) is 9.81. The number of carbonyl (C=O) groups is 1. The molecule has 0 radical (unpaired) electrons. The summed E-state index contributed by atoms with van der Waals surface area (Å²) in [7, 11) is 2.04. The quantitative estimate of drug-likeness (QED) is 0.577. The fraction of sp³-hybridized carbons (Fsp3) is 0.850. The average Bonchev–Trinajstić information content (AvgIpc) is 3.14. The van der Waals surface area contributed by atoms with Crippen LogP contribution >= 0.6 is 0 Å². The van der Waals surface area contributed by atoms with Crippen molar-refractivity contribution in [2.75, 3.05) is 33.4 Å². The lowest BCUT2D eigenvalue weighted by atomic mass is 9.59. The second-order valence-electron chi connectivity index (χ2n) is 8.73. The zero-order valence-corrected chi connectivity index (χ0v) is 15.7. The summed E-state index contributed by atoms with van der Waals surface area (Å²) in [6.07, 6.45) is 7.10. The molecule has 5 nitrogen and oxygen atoms in total. The van der Waals surface area contributed by atoms with Crippen LogP contribution in [0.4, 0.5) is 0 Å². The zero-order chi connectivity index (χ0) is 17.6. The number of esters is 1. The van der Waals surface area contributed by atoms with E-state index in [1.807, 2.05) is 7.05 Å². The van der Waals surface area contributed by atoms with Gasteiger partial charge in [0, 0.05) is 19.0 Å². The van der Waals surface area contributed by atoms with Gasteiger partial charge in [0.05, 0.1) is 19.1 Å². The number of rotatable bonds is 4. The number of allylic oxidation sites excluding steroid dienone is 1. The van der Waals surface area contributed by atoms with Crippen LogP contribution in [0.1, 0.15) is 39.5 Å². The molecule has 4 aliphatic rings. The van der Waals surface area contributed by atoms with Gasteiger partial charge in [0.2, 0.25) is 0 Å². The van der Waals surface area contributed by atoms with Crippen molar-refractivity contribution in [3.8, 4) is 0 Å². The highest BCUT2D eigenvalue weighted by atomic mass is 16.7. The van der Waals surface area contributed by atoms with Crippen molar-refractivity contribution in [2.24, 2.45) is 23.2 Å². The van der Waals surface area contributed by atoms with E-state index in [2.05, 4.69) is 24.8 Å². The third kappa shape index (κ3) is 3.26. The van der Waals surface area contributed by atoms with Crippen molar-refractivity contribution in [2.45, 2.75) is 51.9 Å². The first-order valence-electron chi connectivity index (χ1n) is 9.81. The summed E-state index contributed by atoms with van der Waals surface area (Å²) < 4.78 is 16.9. The Labute approximate surface area is 150 Å². The number of nitrogens with zero attached hydrogens (tertiary/aromatic N) is 1. The maximum absolute atomic E-state index is 12.6. The van der Waals surface area contributed by atoms with E-state index in [1.165, 1.54) is 19.3 Å². The first kappa shape index (κ1) is 17.5. The van der Waals surface area contributed by atoms with Crippen molar-refractivity contribution in [3.05, 3.63) is 11.6 Å². The molecule has 0 amide bonds. The Kier molecular flexibility index (Phi) is 4.67. The molecular formula is C20H31NO4. The molecular weight excluding hydrogens is 318 g/mol. The molecule has 0 bridgehead atoms. The highest BCUT2D eigenvalue weighted by molar-refractivity contribution is 5.76. The van der Waals surface area contributed by atoms with Gasteiger partial charge in [0.25, 0.3) is 0 Å². The molecule has 5 heteroatoms. The van der Waals surface area contributed by atoms with Crippen LogP contribution in [0.3, 0.4) is 0 Å². The van der Waals surface area contributed by atoms with Crippen LogP contribution in [0.5, 0.6) is 0 Å². The lowest BCUT2D eigenvalue weighted by Gasteiger charge is -2.46. The van der Waals surface area contributed by atoms with E-state index in [0.29, 0.717) is 32.2 Å². The van der Waals surface area contributed by atoms with Gasteiger partial charge in [-0.1, -0.05) is 31.9 Å². The Hall–Kier alpha value is -0.910. The lowest BCUT2D eigenvalue weighted by molar-refractivity contribution is -0.145. The molecule has 3 fully saturated rings. The molecule has 2 saturated heterocycles. The fourth-order valence-electron chi connectivity index (χ4n) is 5.44. The van der Waals surface area contributed by atoms with Crippen molar-refractivity contribution >= 4 is 5.97 Å². The molecule has 1 saturated carbocycles. The number of hydrogen-bond donors (Lipinski definition) is 0. The molecule has 0 aromatic rings. The van der Waals surface area contributed by atoms with Crippen LogP contribution < -0.4 is 0 Å². The molecule has 0 aromatic heterocycles. The average molecular weight is 349 g/mol. The Morgan fingerprint density at radius 2 is 2.04 bits per heavy atom. The minimum absolute atomic E-state index is 0.0261. The Morgan fingerprint density at radius 1 is 1.28 bits per heavy atom. The Balaban J connectivity index is 1.48. The molecule has 5 atom stereocenters. The smallest absolute Gasteiger partial charge is 0.311 e. The van der Waals surface area contributed by atoms with Gasteiger partial charge in [-0.05, 0) is 37.6 Å². The highest BCUT2D eigenvalue weighted by Crippen LogP contribution is 2.53. The minimum atomic E-state index is -0.162. The molecule has 0 spiro atoms. The van der Waals surface area contributed by atoms with Crippen LogP contribution in [0.15, 0.2) is 11.6 Å². The van der Waals surface area contributed by atoms with Gasteiger partial charge in [-0.25, -0.2) is 0 Å². The zero-order valence-electron chi connectivity index (χ0n) is 15.7. The SMILES string of the molecule is C[C@@H]1CCC[C@]2(C)C[C@H]3OC(=O)[C@@H](CN(C)CC4OCCO4)[C@H]3C=C12. The van der Waals surface area contributed by atoms with E-state index in [1.54, 1.807) is 5.57 Å². The Bertz CT molecular complexity index is 556. The molecule has 140 valence electrons. The summed E-state index contributed by atoms with van der Waals surface area (Å²) in [5.74, 6) is 0.766. The fourth-order valence-corrected chi connectivity index (χ4v) is 5.44. The summed E-state index contributed by atoms with van der Waals surface area (Å²) in [6.45, 7) is 7.45. The molecule has 2 aliphatic carbocycles. The molecule has 2 heterocycles. The number of likely N-dealkylation sites (N-methyl/N-ethyl adjacent to an activating group) is 1. The van der Waals surface area contributed by atoms with E-state index in [9.17, 15) is 4.79 Å². The molecule has 2 aliphatic heterocycles. The van der Waals surface area contributed by atoms with Gasteiger partial charge >= 0.3 is 5.97 Å². The van der Waals surface area contributed by atoms with E-state index >= 15 is 0 Å². The Morgan fingerprint density at radius 3 is 2.80 bits per heavy atom. The van der Waals surface area contributed by atoms with E-state index < -0.39 is 0 Å². The maximum atomic E-state index is 12.6. The predicted octanol–water partition coefficient (Wildman–Crippen LogP) is 2.61. The van der Waals surface area contributed by atoms with Crippen molar-refractivity contribution < 1.29 is 19.0 Å². The number of fused-ring (bicyclic) bond motifs is 2. The summed E-state index contributed by atoms with van der Waals surface area (Å²) in [5.41, 5.74) is 1.80. The number of hydrogen-bond acceptors (Lipinski definition) is 5. The van der Waals surface area contributed by atoms with Gasteiger partial charge in [-0.2, -0.15) is 0 Å². The van der Waals surface area contributed by atoms with Crippen molar-refractivity contribution in [1.82, 2.24) is 4.90 Å². The molecule has 0 aromatic carbocycles. The van der Waals surface area contributed by atoms with Gasteiger partial charge < -0.3 is 19.1 Å². The van der Waals surface area contributed by atoms with Gasteiger partial charge in [0.15, 0.2) is 6.29 Å². The van der Waals surface area contributed by atoms with Crippen LogP contribution in [0.25, 0.3) is 0 Å². The maximum Gasteiger partial charge on any atom is 0.311 e. The van der Waals surface area contributed by atoms with Crippen LogP contribution in [0.2, 0.25) is 0 Å². The molecule has 25 heavy (non-hydrogen) atoms. The molecule has 0 unspecified atom stereocenters. The molecule has 0 N–H and O–H groups in total. The summed E-state index contributed by atoms with van der Waals surface area (Å²) in [4.78, 5) is 14.7.